The van der Waals surface area contributed by atoms with Gasteiger partial charge in [-0.1, -0.05) is 80.9 Å². The summed E-state index contributed by atoms with van der Waals surface area (Å²) in [6.07, 6.45) is 3.84. The Morgan fingerprint density at radius 1 is 0.850 bits per heavy atom. The predicted molar refractivity (Wildman–Crippen MR) is 160 cm³/mol. The number of nitrogens with zero attached hydrogens (tertiary/aromatic N) is 1. The fraction of sp³-hybridized carbons (Fsp3) is 0.257. The number of carbonyl (C=O) groups is 2. The summed E-state index contributed by atoms with van der Waals surface area (Å²) in [6, 6.07) is 32.1. The van der Waals surface area contributed by atoms with Crippen LogP contribution in [0.2, 0.25) is 0 Å². The van der Waals surface area contributed by atoms with Gasteiger partial charge in [0.05, 0.1) is 0 Å². The van der Waals surface area contributed by atoms with E-state index < -0.39 is 6.04 Å². The zero-order valence-corrected chi connectivity index (χ0v) is 23.2. The Morgan fingerprint density at radius 3 is 2.30 bits per heavy atom. The normalized spacial score (nSPS) is 14.5. The summed E-state index contributed by atoms with van der Waals surface area (Å²) in [6.45, 7) is 4.85. The molecule has 0 saturated carbocycles. The second kappa shape index (κ2) is 12.6. The lowest BCUT2D eigenvalue weighted by Gasteiger charge is -2.36. The van der Waals surface area contributed by atoms with Gasteiger partial charge in [-0.2, -0.15) is 0 Å². The fourth-order valence-electron chi connectivity index (χ4n) is 5.15. The predicted octanol–water partition coefficient (Wildman–Crippen LogP) is 7.66. The molecule has 0 aliphatic carbocycles. The molecule has 0 radical (unpaired) electrons. The average Bonchev–Trinajstić information content (AvgIpc) is 2.97. The van der Waals surface area contributed by atoms with Crippen LogP contribution in [0, 0.1) is 5.92 Å². The number of nitrogens with one attached hydrogen (secondary N) is 1. The minimum absolute atomic E-state index is 0.188. The zero-order valence-electron chi connectivity index (χ0n) is 23.2. The Balaban J connectivity index is 1.33. The molecule has 0 bridgehead atoms. The molecular weight excluding hydrogens is 496 g/mol. The smallest absolute Gasteiger partial charge is 0.254 e. The van der Waals surface area contributed by atoms with E-state index >= 15 is 0 Å². The second-order valence-electron chi connectivity index (χ2n) is 10.8. The number of aryl methyl sites for hydroxylation is 1. The molecule has 4 aromatic rings. The van der Waals surface area contributed by atoms with Gasteiger partial charge in [0, 0.05) is 24.2 Å². The molecule has 0 unspecified atom stereocenters. The van der Waals surface area contributed by atoms with Gasteiger partial charge in [-0.25, -0.2) is 0 Å². The van der Waals surface area contributed by atoms with Crippen molar-refractivity contribution in [1.29, 1.82) is 0 Å². The average molecular weight is 533 g/mol. The Bertz CT molecular complexity index is 1450. The van der Waals surface area contributed by atoms with Crippen molar-refractivity contribution in [3.05, 3.63) is 125 Å². The summed E-state index contributed by atoms with van der Waals surface area (Å²) in [7, 11) is 0. The van der Waals surface area contributed by atoms with Crippen molar-refractivity contribution in [2.75, 3.05) is 5.32 Å². The first-order valence-corrected chi connectivity index (χ1v) is 14.1. The summed E-state index contributed by atoms with van der Waals surface area (Å²) in [4.78, 5) is 29.2. The van der Waals surface area contributed by atoms with Gasteiger partial charge in [0.15, 0.2) is 0 Å². The van der Waals surface area contributed by atoms with Crippen LogP contribution in [0.3, 0.4) is 0 Å². The van der Waals surface area contributed by atoms with Gasteiger partial charge < -0.3 is 15.0 Å². The fourth-order valence-corrected chi connectivity index (χ4v) is 5.15. The van der Waals surface area contributed by atoms with Crippen LogP contribution in [-0.4, -0.2) is 22.8 Å². The van der Waals surface area contributed by atoms with E-state index in [0.29, 0.717) is 35.9 Å². The van der Waals surface area contributed by atoms with Gasteiger partial charge in [-0.05, 0) is 77.9 Å². The first kappa shape index (κ1) is 27.2. The summed E-state index contributed by atoms with van der Waals surface area (Å²) in [5.74, 6) is 1.58. The van der Waals surface area contributed by atoms with Gasteiger partial charge in [0.2, 0.25) is 5.91 Å². The van der Waals surface area contributed by atoms with Crippen LogP contribution in [0.5, 0.6) is 11.5 Å². The molecule has 0 spiro atoms. The van der Waals surface area contributed by atoms with Gasteiger partial charge in [0.25, 0.3) is 5.91 Å². The summed E-state index contributed by atoms with van der Waals surface area (Å²) in [5.41, 5.74) is 4.63. The molecule has 1 heterocycles. The number of anilines is 1. The van der Waals surface area contributed by atoms with Crippen LogP contribution >= 0.6 is 0 Å². The molecule has 5 rings (SSSR count). The molecule has 4 aromatic carbocycles. The second-order valence-corrected chi connectivity index (χ2v) is 10.8. The monoisotopic (exact) mass is 532 g/mol. The zero-order chi connectivity index (χ0) is 27.9. The third-order valence-corrected chi connectivity index (χ3v) is 7.34. The Labute approximate surface area is 236 Å². The van der Waals surface area contributed by atoms with Crippen LogP contribution in [0.4, 0.5) is 5.69 Å². The highest BCUT2D eigenvalue weighted by Crippen LogP contribution is 2.28. The van der Waals surface area contributed by atoms with E-state index in [1.807, 2.05) is 72.8 Å². The minimum Gasteiger partial charge on any atom is -0.457 e. The van der Waals surface area contributed by atoms with Crippen molar-refractivity contribution < 1.29 is 14.3 Å². The lowest BCUT2D eigenvalue weighted by Crippen LogP contribution is -2.50. The topological polar surface area (TPSA) is 58.6 Å². The number of hydrogen-bond acceptors (Lipinski definition) is 3. The Morgan fingerprint density at radius 2 is 1.55 bits per heavy atom. The van der Waals surface area contributed by atoms with E-state index in [9.17, 15) is 9.59 Å². The van der Waals surface area contributed by atoms with Crippen molar-refractivity contribution in [2.45, 2.75) is 52.1 Å². The molecule has 0 aromatic heterocycles. The van der Waals surface area contributed by atoms with Crippen LogP contribution in [-0.2, 0) is 24.2 Å². The molecule has 0 fully saturated rings. The van der Waals surface area contributed by atoms with Gasteiger partial charge in [-0.15, -0.1) is 0 Å². The lowest BCUT2D eigenvalue weighted by molar-refractivity contribution is -0.121. The van der Waals surface area contributed by atoms with E-state index in [4.69, 9.17) is 4.74 Å². The highest BCUT2D eigenvalue weighted by atomic mass is 16.5. The molecule has 40 heavy (non-hydrogen) atoms. The number of ether oxygens (including phenoxy) is 1. The van der Waals surface area contributed by atoms with Gasteiger partial charge in [-0.3, -0.25) is 9.59 Å². The van der Waals surface area contributed by atoms with E-state index in [2.05, 4.69) is 31.3 Å². The van der Waals surface area contributed by atoms with Crippen molar-refractivity contribution in [3.63, 3.8) is 0 Å². The van der Waals surface area contributed by atoms with Crippen LogP contribution < -0.4 is 10.1 Å². The van der Waals surface area contributed by atoms with Crippen LogP contribution in [0.1, 0.15) is 53.7 Å². The number of carbonyl (C=O) groups excluding carboxylic acids is 2. The quantitative estimate of drug-likeness (QED) is 0.241. The Hall–Kier alpha value is -4.38. The molecule has 0 saturated heterocycles. The van der Waals surface area contributed by atoms with Crippen molar-refractivity contribution in [3.8, 4) is 11.5 Å². The van der Waals surface area contributed by atoms with Crippen molar-refractivity contribution >= 4 is 17.5 Å². The van der Waals surface area contributed by atoms with Crippen molar-refractivity contribution in [1.82, 2.24) is 4.90 Å². The molecule has 1 N–H and O–H groups in total. The number of benzene rings is 4. The number of amides is 2. The van der Waals surface area contributed by atoms with E-state index in [1.165, 1.54) is 12.0 Å². The molecule has 1 atom stereocenters. The SMILES string of the molecule is CC(C)CCCc1ccc(NC(=O)[C@H]2Cc3ccccc3CN2C(=O)c2cccc(Oc3ccccc3)c2)cc1. The number of hydrogen-bond donors (Lipinski definition) is 1. The van der Waals surface area contributed by atoms with Gasteiger partial charge in [0.1, 0.15) is 17.5 Å². The van der Waals surface area contributed by atoms with Crippen LogP contribution in [0.25, 0.3) is 0 Å². The summed E-state index contributed by atoms with van der Waals surface area (Å²) in [5, 5.41) is 3.07. The first-order valence-electron chi connectivity index (χ1n) is 14.1. The number of fused-ring (bicyclic) bond motifs is 1. The molecular formula is C35H36N2O3. The number of para-hydroxylation sites is 1. The van der Waals surface area contributed by atoms with Gasteiger partial charge >= 0.3 is 0 Å². The van der Waals surface area contributed by atoms with Crippen molar-refractivity contribution in [2.24, 2.45) is 5.92 Å². The molecule has 2 amide bonds. The van der Waals surface area contributed by atoms with Crippen LogP contribution in [0.15, 0.2) is 103 Å². The summed E-state index contributed by atoms with van der Waals surface area (Å²) >= 11 is 0. The largest absolute Gasteiger partial charge is 0.457 e. The maximum atomic E-state index is 13.9. The molecule has 204 valence electrons. The third kappa shape index (κ3) is 6.78. The standard InChI is InChI=1S/C35H36N2O3/c1-25(2)10-8-11-26-18-20-30(21-19-26)36-34(38)33-23-27-12-6-7-13-29(27)24-37(33)35(39)28-14-9-17-32(22-28)40-31-15-4-3-5-16-31/h3-7,9,12-22,25,33H,8,10-11,23-24H2,1-2H3,(H,36,38)/t33-/m1/s1. The first-order chi connectivity index (χ1) is 19.5. The maximum absolute atomic E-state index is 13.9. The maximum Gasteiger partial charge on any atom is 0.254 e. The molecule has 5 nitrogen and oxygen atoms in total. The molecule has 5 heteroatoms. The van der Waals surface area contributed by atoms with E-state index in [1.54, 1.807) is 23.1 Å². The molecule has 1 aliphatic heterocycles. The Kier molecular flexibility index (Phi) is 8.60. The van der Waals surface area contributed by atoms with E-state index in [-0.39, 0.29) is 11.8 Å². The highest BCUT2D eigenvalue weighted by molar-refractivity contribution is 6.01. The highest BCUT2D eigenvalue weighted by Gasteiger charge is 2.35. The molecule has 1 aliphatic rings. The lowest BCUT2D eigenvalue weighted by atomic mass is 9.92. The third-order valence-electron chi connectivity index (χ3n) is 7.34. The summed E-state index contributed by atoms with van der Waals surface area (Å²) < 4.78 is 5.96. The minimum atomic E-state index is -0.633. The number of rotatable bonds is 9. The van der Waals surface area contributed by atoms with E-state index in [0.717, 1.165) is 29.7 Å².